The lowest BCUT2D eigenvalue weighted by Gasteiger charge is -2.29. The molecular formula is C28H28N2O3. The Bertz CT molecular complexity index is 1240. The van der Waals surface area contributed by atoms with Gasteiger partial charge in [-0.15, -0.1) is 0 Å². The number of rotatable bonds is 6. The number of aliphatic imine (C=N–C) groups is 1. The van der Waals surface area contributed by atoms with Gasteiger partial charge in [0.1, 0.15) is 5.75 Å². The van der Waals surface area contributed by atoms with Crippen LogP contribution in [0.2, 0.25) is 0 Å². The minimum absolute atomic E-state index is 0.0167. The highest BCUT2D eigenvalue weighted by Crippen LogP contribution is 2.31. The van der Waals surface area contributed by atoms with Crippen molar-refractivity contribution in [3.05, 3.63) is 94.5 Å². The molecule has 4 rings (SSSR count). The van der Waals surface area contributed by atoms with Gasteiger partial charge in [0, 0.05) is 22.4 Å². The second-order valence-corrected chi connectivity index (χ2v) is 9.02. The molecule has 3 aromatic rings. The Balaban J connectivity index is 1.50. The van der Waals surface area contributed by atoms with Gasteiger partial charge in [0.15, 0.2) is 5.78 Å². The number of amides is 1. The number of carbonyl (C=O) groups excluding carboxylic acids is 2. The van der Waals surface area contributed by atoms with Gasteiger partial charge in [0.2, 0.25) is 0 Å². The lowest BCUT2D eigenvalue weighted by atomic mass is 9.85. The van der Waals surface area contributed by atoms with E-state index in [0.717, 1.165) is 29.0 Å². The summed E-state index contributed by atoms with van der Waals surface area (Å²) in [6.07, 6.45) is 1.03. The number of methoxy groups -OCH3 is 1. The molecule has 0 saturated carbocycles. The first kappa shape index (κ1) is 22.5. The van der Waals surface area contributed by atoms with Gasteiger partial charge in [0.05, 0.1) is 24.8 Å². The van der Waals surface area contributed by atoms with Gasteiger partial charge in [-0.3, -0.25) is 14.6 Å². The number of Topliss-reactive ketones (excluding diaryl/α,β-unsaturated/α-hetero) is 1. The zero-order chi connectivity index (χ0) is 23.6. The summed E-state index contributed by atoms with van der Waals surface area (Å²) in [6.45, 7) is 6.06. The van der Waals surface area contributed by atoms with Crippen molar-refractivity contribution in [2.45, 2.75) is 39.2 Å². The van der Waals surface area contributed by atoms with Crippen LogP contribution in [0, 0.1) is 6.92 Å². The highest BCUT2D eigenvalue weighted by Gasteiger charge is 2.28. The van der Waals surface area contributed by atoms with Crippen molar-refractivity contribution in [1.82, 2.24) is 0 Å². The summed E-state index contributed by atoms with van der Waals surface area (Å²) < 4.78 is 5.38. The third-order valence-corrected chi connectivity index (χ3v) is 5.87. The Morgan fingerprint density at radius 1 is 1.03 bits per heavy atom. The maximum Gasteiger partial charge on any atom is 0.255 e. The van der Waals surface area contributed by atoms with Crippen LogP contribution in [0.5, 0.6) is 5.75 Å². The molecule has 0 unspecified atom stereocenters. The van der Waals surface area contributed by atoms with Crippen molar-refractivity contribution >= 4 is 23.1 Å². The molecule has 0 aromatic heterocycles. The van der Waals surface area contributed by atoms with Gasteiger partial charge < -0.3 is 10.1 Å². The number of hydrogen-bond acceptors (Lipinski definition) is 4. The Labute approximate surface area is 194 Å². The first-order valence-corrected chi connectivity index (χ1v) is 11.0. The number of benzene rings is 3. The molecule has 0 atom stereocenters. The number of anilines is 1. The maximum absolute atomic E-state index is 13.1. The largest absolute Gasteiger partial charge is 0.497 e. The van der Waals surface area contributed by atoms with E-state index in [9.17, 15) is 9.59 Å². The molecule has 1 heterocycles. The first-order chi connectivity index (χ1) is 15.8. The number of nitrogens with one attached hydrogen (secondary N) is 1. The van der Waals surface area contributed by atoms with E-state index in [0.29, 0.717) is 16.8 Å². The molecule has 1 N–H and O–H groups in total. The van der Waals surface area contributed by atoms with Gasteiger partial charge in [-0.25, -0.2) is 0 Å². The number of carbonyl (C=O) groups is 2. The highest BCUT2D eigenvalue weighted by atomic mass is 16.5. The standard InChI is InChI=1S/C28H28N2O3/c1-18-7-5-6-8-23(18)27(32)29-21-12-9-19(10-13-21)26(31)16-25-24-15-22(33-4)14-11-20(24)17-28(2,3)30-25/h5-15H,16-17H2,1-4H3,(H,29,32). The molecule has 1 amide bonds. The van der Waals surface area contributed by atoms with Gasteiger partial charge in [0.25, 0.3) is 5.91 Å². The summed E-state index contributed by atoms with van der Waals surface area (Å²) in [7, 11) is 1.63. The molecule has 0 spiro atoms. The molecule has 5 heteroatoms. The lowest BCUT2D eigenvalue weighted by molar-refractivity contribution is 0.0998. The molecule has 0 saturated heterocycles. The Hall–Kier alpha value is -3.73. The molecule has 0 fully saturated rings. The summed E-state index contributed by atoms with van der Waals surface area (Å²) >= 11 is 0. The molecule has 0 radical (unpaired) electrons. The van der Waals surface area contributed by atoms with Crippen LogP contribution in [-0.4, -0.2) is 30.1 Å². The second kappa shape index (κ2) is 9.02. The molecular weight excluding hydrogens is 412 g/mol. The van der Waals surface area contributed by atoms with E-state index in [1.807, 2.05) is 37.3 Å². The van der Waals surface area contributed by atoms with Gasteiger partial charge >= 0.3 is 0 Å². The van der Waals surface area contributed by atoms with E-state index >= 15 is 0 Å². The average molecular weight is 441 g/mol. The van der Waals surface area contributed by atoms with Crippen LogP contribution in [0.4, 0.5) is 5.69 Å². The second-order valence-electron chi connectivity index (χ2n) is 9.02. The fraction of sp³-hybridized carbons (Fsp3) is 0.250. The smallest absolute Gasteiger partial charge is 0.255 e. The zero-order valence-corrected chi connectivity index (χ0v) is 19.4. The number of nitrogens with zero attached hydrogens (tertiary/aromatic N) is 1. The molecule has 1 aliphatic heterocycles. The van der Waals surface area contributed by atoms with E-state index in [1.165, 1.54) is 5.56 Å². The topological polar surface area (TPSA) is 67.8 Å². The number of hydrogen-bond donors (Lipinski definition) is 1. The Morgan fingerprint density at radius 2 is 1.76 bits per heavy atom. The summed E-state index contributed by atoms with van der Waals surface area (Å²) in [4.78, 5) is 30.5. The normalized spacial score (nSPS) is 14.1. The SMILES string of the molecule is COc1ccc2c(c1)C(CC(=O)c1ccc(NC(=O)c3ccccc3C)cc1)=NC(C)(C)C2. The van der Waals surface area contributed by atoms with Crippen molar-refractivity contribution in [2.75, 3.05) is 12.4 Å². The lowest BCUT2D eigenvalue weighted by Crippen LogP contribution is -2.30. The molecule has 0 bridgehead atoms. The maximum atomic E-state index is 13.1. The van der Waals surface area contributed by atoms with Crippen LogP contribution in [-0.2, 0) is 6.42 Å². The van der Waals surface area contributed by atoms with Crippen molar-refractivity contribution in [3.63, 3.8) is 0 Å². The van der Waals surface area contributed by atoms with Crippen molar-refractivity contribution < 1.29 is 14.3 Å². The van der Waals surface area contributed by atoms with Gasteiger partial charge in [-0.1, -0.05) is 24.3 Å². The van der Waals surface area contributed by atoms with Crippen LogP contribution in [0.1, 0.15) is 57.7 Å². The van der Waals surface area contributed by atoms with Crippen LogP contribution in [0.3, 0.4) is 0 Å². The summed E-state index contributed by atoms with van der Waals surface area (Å²) in [5, 5.41) is 2.90. The van der Waals surface area contributed by atoms with E-state index in [4.69, 9.17) is 9.73 Å². The first-order valence-electron chi connectivity index (χ1n) is 11.0. The van der Waals surface area contributed by atoms with E-state index in [1.54, 1.807) is 37.4 Å². The third-order valence-electron chi connectivity index (χ3n) is 5.87. The van der Waals surface area contributed by atoms with E-state index < -0.39 is 0 Å². The molecule has 1 aliphatic rings. The minimum atomic E-state index is -0.263. The molecule has 33 heavy (non-hydrogen) atoms. The van der Waals surface area contributed by atoms with E-state index in [2.05, 4.69) is 25.2 Å². The molecule has 0 aliphatic carbocycles. The number of ether oxygens (including phenoxy) is 1. The van der Waals surface area contributed by atoms with E-state index in [-0.39, 0.29) is 23.7 Å². The van der Waals surface area contributed by atoms with Gasteiger partial charge in [-0.2, -0.15) is 0 Å². The van der Waals surface area contributed by atoms with Crippen LogP contribution < -0.4 is 10.1 Å². The Kier molecular flexibility index (Phi) is 6.14. The average Bonchev–Trinajstić information content (AvgIpc) is 2.79. The predicted molar refractivity (Wildman–Crippen MR) is 132 cm³/mol. The van der Waals surface area contributed by atoms with Crippen molar-refractivity contribution in [3.8, 4) is 5.75 Å². The number of ketones is 1. The molecule has 5 nitrogen and oxygen atoms in total. The summed E-state index contributed by atoms with van der Waals surface area (Å²) in [5.41, 5.74) is 5.44. The van der Waals surface area contributed by atoms with Crippen LogP contribution >= 0.6 is 0 Å². The third kappa shape index (κ3) is 5.03. The van der Waals surface area contributed by atoms with Crippen LogP contribution in [0.25, 0.3) is 0 Å². The number of aryl methyl sites for hydroxylation is 1. The Morgan fingerprint density at radius 3 is 2.45 bits per heavy atom. The quantitative estimate of drug-likeness (QED) is 0.504. The minimum Gasteiger partial charge on any atom is -0.497 e. The van der Waals surface area contributed by atoms with Crippen molar-refractivity contribution in [1.29, 1.82) is 0 Å². The summed E-state index contributed by atoms with van der Waals surface area (Å²) in [6, 6.07) is 20.4. The van der Waals surface area contributed by atoms with Crippen LogP contribution in [0.15, 0.2) is 71.7 Å². The monoisotopic (exact) mass is 440 g/mol. The highest BCUT2D eigenvalue weighted by molar-refractivity contribution is 6.17. The fourth-order valence-electron chi connectivity index (χ4n) is 4.19. The molecule has 168 valence electrons. The summed E-state index contributed by atoms with van der Waals surface area (Å²) in [5.74, 6) is 0.566. The fourth-order valence-corrected chi connectivity index (χ4v) is 4.19. The van der Waals surface area contributed by atoms with Crippen molar-refractivity contribution in [2.24, 2.45) is 4.99 Å². The number of fused-ring (bicyclic) bond motifs is 1. The van der Waals surface area contributed by atoms with Gasteiger partial charge in [-0.05, 0) is 80.8 Å². The zero-order valence-electron chi connectivity index (χ0n) is 19.4. The molecule has 3 aromatic carbocycles. The predicted octanol–water partition coefficient (Wildman–Crippen LogP) is 5.65.